The first kappa shape index (κ1) is 12.9. The molecule has 0 radical (unpaired) electrons. The molecule has 1 rings (SSSR count). The molecule has 0 aliphatic rings. The predicted octanol–water partition coefficient (Wildman–Crippen LogP) is 3.41. The van der Waals surface area contributed by atoms with E-state index in [1.54, 1.807) is 23.5 Å². The van der Waals surface area contributed by atoms with Crippen molar-refractivity contribution in [1.29, 1.82) is 0 Å². The van der Waals surface area contributed by atoms with Crippen LogP contribution in [0.5, 0.6) is 0 Å². The van der Waals surface area contributed by atoms with Crippen LogP contribution in [0.2, 0.25) is 0 Å². The van der Waals surface area contributed by atoms with Crippen molar-refractivity contribution in [3.63, 3.8) is 0 Å². The van der Waals surface area contributed by atoms with E-state index in [9.17, 15) is 0 Å². The Labute approximate surface area is 101 Å². The molecule has 0 saturated heterocycles. The first-order chi connectivity index (χ1) is 6.96. The summed E-state index contributed by atoms with van der Waals surface area (Å²) < 4.78 is 0. The molecule has 0 aliphatic carbocycles. The van der Waals surface area contributed by atoms with Gasteiger partial charge >= 0.3 is 0 Å². The third kappa shape index (κ3) is 4.09. The molecule has 0 amide bonds. The highest BCUT2D eigenvalue weighted by Crippen LogP contribution is 2.29. The van der Waals surface area contributed by atoms with Crippen molar-refractivity contribution >= 4 is 23.5 Å². The van der Waals surface area contributed by atoms with Gasteiger partial charge in [0.2, 0.25) is 0 Å². The Bertz CT molecular complexity index is 329. The van der Waals surface area contributed by atoms with Gasteiger partial charge in [-0.25, -0.2) is 0 Å². The fourth-order valence-electron chi connectivity index (χ4n) is 1.52. The van der Waals surface area contributed by atoms with Crippen molar-refractivity contribution in [3.05, 3.63) is 23.8 Å². The van der Waals surface area contributed by atoms with Gasteiger partial charge in [0.25, 0.3) is 0 Å². The zero-order chi connectivity index (χ0) is 11.5. The normalized spacial score (nSPS) is 11.8. The second-order valence-corrected chi connectivity index (χ2v) is 6.05. The van der Waals surface area contributed by atoms with E-state index in [-0.39, 0.29) is 5.54 Å². The Balaban J connectivity index is 2.93. The van der Waals surface area contributed by atoms with E-state index in [2.05, 4.69) is 44.6 Å². The first-order valence-corrected chi connectivity index (χ1v) is 7.41. The summed E-state index contributed by atoms with van der Waals surface area (Å²) >= 11 is 3.59. The molecule has 0 unspecified atom stereocenters. The minimum atomic E-state index is -0.128. The highest BCUT2D eigenvalue weighted by Gasteiger charge is 2.12. The summed E-state index contributed by atoms with van der Waals surface area (Å²) in [7, 11) is 0. The monoisotopic (exact) mass is 241 g/mol. The maximum Gasteiger partial charge on any atom is 0.0208 e. The van der Waals surface area contributed by atoms with Gasteiger partial charge < -0.3 is 5.73 Å². The van der Waals surface area contributed by atoms with Crippen molar-refractivity contribution < 1.29 is 0 Å². The Hall–Kier alpha value is -0.120. The highest BCUT2D eigenvalue weighted by atomic mass is 32.2. The van der Waals surface area contributed by atoms with Crippen molar-refractivity contribution in [3.8, 4) is 0 Å². The van der Waals surface area contributed by atoms with E-state index in [1.807, 2.05) is 0 Å². The number of thioether (sulfide) groups is 2. The summed E-state index contributed by atoms with van der Waals surface area (Å²) in [4.78, 5) is 2.70. The van der Waals surface area contributed by atoms with Gasteiger partial charge in [-0.3, -0.25) is 0 Å². The zero-order valence-corrected chi connectivity index (χ0v) is 11.5. The molecule has 0 aromatic heterocycles. The van der Waals surface area contributed by atoms with E-state index in [4.69, 9.17) is 5.73 Å². The SMILES string of the molecule is CSc1ccc(CC(C)(C)N)cc1SC. The minimum Gasteiger partial charge on any atom is -0.325 e. The molecular formula is C12H19NS2. The van der Waals surface area contributed by atoms with Gasteiger partial charge in [0.1, 0.15) is 0 Å². The van der Waals surface area contributed by atoms with Gasteiger partial charge in [-0.05, 0) is 50.5 Å². The van der Waals surface area contributed by atoms with Crippen LogP contribution in [0.1, 0.15) is 19.4 Å². The molecule has 0 atom stereocenters. The van der Waals surface area contributed by atoms with Gasteiger partial charge in [-0.15, -0.1) is 23.5 Å². The lowest BCUT2D eigenvalue weighted by Gasteiger charge is -2.19. The van der Waals surface area contributed by atoms with Crippen LogP contribution < -0.4 is 5.73 Å². The molecule has 0 aliphatic heterocycles. The van der Waals surface area contributed by atoms with Crippen LogP contribution in [0.15, 0.2) is 28.0 Å². The molecule has 1 aromatic rings. The van der Waals surface area contributed by atoms with Crippen molar-refractivity contribution in [1.82, 2.24) is 0 Å². The summed E-state index contributed by atoms with van der Waals surface area (Å²) in [6, 6.07) is 6.63. The first-order valence-electron chi connectivity index (χ1n) is 4.96. The van der Waals surface area contributed by atoms with E-state index in [0.717, 1.165) is 6.42 Å². The average Bonchev–Trinajstić information content (AvgIpc) is 2.15. The molecule has 0 saturated carbocycles. The predicted molar refractivity (Wildman–Crippen MR) is 72.0 cm³/mol. The zero-order valence-electron chi connectivity index (χ0n) is 9.83. The number of benzene rings is 1. The van der Waals surface area contributed by atoms with Gasteiger partial charge in [-0.2, -0.15) is 0 Å². The lowest BCUT2D eigenvalue weighted by Crippen LogP contribution is -2.34. The van der Waals surface area contributed by atoms with Gasteiger partial charge in [0.15, 0.2) is 0 Å². The summed E-state index contributed by atoms with van der Waals surface area (Å²) in [5.41, 5.74) is 7.21. The quantitative estimate of drug-likeness (QED) is 0.818. The van der Waals surface area contributed by atoms with Crippen LogP contribution in [-0.4, -0.2) is 18.1 Å². The lowest BCUT2D eigenvalue weighted by molar-refractivity contribution is 0.516. The van der Waals surface area contributed by atoms with Crippen molar-refractivity contribution in [2.45, 2.75) is 35.6 Å². The van der Waals surface area contributed by atoms with E-state index in [1.165, 1.54) is 15.4 Å². The Kier molecular flexibility index (Phi) is 4.56. The molecule has 1 aromatic carbocycles. The van der Waals surface area contributed by atoms with Crippen molar-refractivity contribution in [2.75, 3.05) is 12.5 Å². The van der Waals surface area contributed by atoms with Gasteiger partial charge in [0, 0.05) is 15.3 Å². The Morgan fingerprint density at radius 3 is 2.20 bits per heavy atom. The van der Waals surface area contributed by atoms with Crippen LogP contribution in [0.3, 0.4) is 0 Å². The number of hydrogen-bond donors (Lipinski definition) is 1. The highest BCUT2D eigenvalue weighted by molar-refractivity contribution is 8.01. The third-order valence-electron chi connectivity index (χ3n) is 2.11. The Morgan fingerprint density at radius 2 is 1.73 bits per heavy atom. The maximum atomic E-state index is 6.02. The molecule has 0 heterocycles. The molecular weight excluding hydrogens is 222 g/mol. The molecule has 84 valence electrons. The summed E-state index contributed by atoms with van der Waals surface area (Å²) in [5, 5.41) is 0. The number of rotatable bonds is 4. The topological polar surface area (TPSA) is 26.0 Å². The van der Waals surface area contributed by atoms with E-state index in [0.29, 0.717) is 0 Å². The summed E-state index contributed by atoms with van der Waals surface area (Å²) in [6.07, 6.45) is 5.16. The van der Waals surface area contributed by atoms with Crippen LogP contribution in [0, 0.1) is 0 Å². The average molecular weight is 241 g/mol. The van der Waals surface area contributed by atoms with Crippen LogP contribution in [-0.2, 0) is 6.42 Å². The molecule has 0 spiro atoms. The Morgan fingerprint density at radius 1 is 1.13 bits per heavy atom. The number of hydrogen-bond acceptors (Lipinski definition) is 3. The van der Waals surface area contributed by atoms with Crippen molar-refractivity contribution in [2.24, 2.45) is 5.73 Å². The standard InChI is InChI=1S/C12H19NS2/c1-12(2,13)8-9-5-6-10(14-3)11(7-9)15-4/h5-7H,8,13H2,1-4H3. The fraction of sp³-hybridized carbons (Fsp3) is 0.500. The number of nitrogens with two attached hydrogens (primary N) is 1. The molecule has 0 bridgehead atoms. The largest absolute Gasteiger partial charge is 0.325 e. The third-order valence-corrected chi connectivity index (χ3v) is 3.81. The molecule has 1 nitrogen and oxygen atoms in total. The maximum absolute atomic E-state index is 6.02. The van der Waals surface area contributed by atoms with Gasteiger partial charge in [-0.1, -0.05) is 6.07 Å². The molecule has 15 heavy (non-hydrogen) atoms. The van der Waals surface area contributed by atoms with Crippen LogP contribution in [0.4, 0.5) is 0 Å². The second-order valence-electron chi connectivity index (χ2n) is 4.35. The van der Waals surface area contributed by atoms with Crippen LogP contribution in [0.25, 0.3) is 0 Å². The van der Waals surface area contributed by atoms with Gasteiger partial charge in [0.05, 0.1) is 0 Å². The summed E-state index contributed by atoms with van der Waals surface area (Å²) in [6.45, 7) is 4.13. The molecule has 0 fully saturated rings. The van der Waals surface area contributed by atoms with E-state index >= 15 is 0 Å². The fourth-order valence-corrected chi connectivity index (χ4v) is 3.02. The second kappa shape index (κ2) is 5.28. The minimum absolute atomic E-state index is 0.128. The summed E-state index contributed by atoms with van der Waals surface area (Å²) in [5.74, 6) is 0. The lowest BCUT2D eigenvalue weighted by atomic mass is 9.96. The smallest absolute Gasteiger partial charge is 0.0208 e. The molecule has 2 N–H and O–H groups in total. The molecule has 3 heteroatoms. The van der Waals surface area contributed by atoms with Crippen LogP contribution >= 0.6 is 23.5 Å². The van der Waals surface area contributed by atoms with E-state index < -0.39 is 0 Å².